The molecule has 15 heavy (non-hydrogen) atoms. The van der Waals surface area contributed by atoms with Gasteiger partial charge in [-0.3, -0.25) is 4.79 Å². The molecule has 1 aromatic rings. The predicted molar refractivity (Wildman–Crippen MR) is 63.1 cm³/mol. The maximum atomic E-state index is 11.3. The summed E-state index contributed by atoms with van der Waals surface area (Å²) >= 11 is 1.49. The third-order valence-corrected chi connectivity index (χ3v) is 3.23. The van der Waals surface area contributed by atoms with Crippen LogP contribution in [0.3, 0.4) is 0 Å². The van der Waals surface area contributed by atoms with Gasteiger partial charge in [-0.2, -0.15) is 0 Å². The van der Waals surface area contributed by atoms with Crippen molar-refractivity contribution >= 4 is 22.4 Å². The van der Waals surface area contributed by atoms with E-state index in [4.69, 9.17) is 5.73 Å². The minimum absolute atomic E-state index is 0.0645. The summed E-state index contributed by atoms with van der Waals surface area (Å²) in [6.45, 7) is 7.97. The first kappa shape index (κ1) is 12.1. The lowest BCUT2D eigenvalue weighted by Gasteiger charge is -2.14. The van der Waals surface area contributed by atoms with Crippen LogP contribution in [0, 0.1) is 0 Å². The number of hydrogen-bond acceptors (Lipinski definition) is 4. The lowest BCUT2D eigenvalue weighted by atomic mass is 9.96. The Morgan fingerprint density at radius 2 is 2.20 bits per heavy atom. The van der Waals surface area contributed by atoms with Gasteiger partial charge in [0.05, 0.1) is 6.04 Å². The quantitative estimate of drug-likeness (QED) is 0.808. The van der Waals surface area contributed by atoms with Gasteiger partial charge in [-0.25, -0.2) is 4.98 Å². The molecule has 0 spiro atoms. The van der Waals surface area contributed by atoms with E-state index >= 15 is 0 Å². The molecule has 0 fully saturated rings. The van der Waals surface area contributed by atoms with Gasteiger partial charge < -0.3 is 11.1 Å². The smallest absolute Gasteiger partial charge is 0.242 e. The van der Waals surface area contributed by atoms with E-state index in [1.54, 1.807) is 13.1 Å². The Balaban J connectivity index is 2.73. The highest BCUT2D eigenvalue weighted by Gasteiger charge is 2.18. The van der Waals surface area contributed by atoms with E-state index in [9.17, 15) is 4.79 Å². The number of amides is 1. The highest BCUT2D eigenvalue weighted by molar-refractivity contribution is 7.15. The number of carbonyl (C=O) groups excluding carboxylic acids is 1. The number of nitrogens with zero attached hydrogens (tertiary/aromatic N) is 1. The fourth-order valence-corrected chi connectivity index (χ4v) is 1.77. The molecule has 3 N–H and O–H groups in total. The largest absolute Gasteiger partial charge is 0.320 e. The first-order valence-electron chi connectivity index (χ1n) is 4.83. The van der Waals surface area contributed by atoms with E-state index in [-0.39, 0.29) is 11.3 Å². The highest BCUT2D eigenvalue weighted by atomic mass is 32.1. The highest BCUT2D eigenvalue weighted by Crippen LogP contribution is 2.29. The molecule has 1 rings (SSSR count). The molecule has 4 nitrogen and oxygen atoms in total. The van der Waals surface area contributed by atoms with Gasteiger partial charge in [0, 0.05) is 11.1 Å². The summed E-state index contributed by atoms with van der Waals surface area (Å²) in [5, 5.41) is 3.29. The summed E-state index contributed by atoms with van der Waals surface area (Å²) in [6.07, 6.45) is 1.79. The average molecular weight is 227 g/mol. The molecule has 0 saturated heterocycles. The summed E-state index contributed by atoms with van der Waals surface area (Å²) in [5.41, 5.74) is 5.51. The number of rotatable bonds is 2. The van der Waals surface area contributed by atoms with Crippen molar-refractivity contribution in [3.05, 3.63) is 11.1 Å². The van der Waals surface area contributed by atoms with Gasteiger partial charge in [-0.15, -0.1) is 11.3 Å². The van der Waals surface area contributed by atoms with Crippen LogP contribution in [0.5, 0.6) is 0 Å². The summed E-state index contributed by atoms with van der Waals surface area (Å²) in [4.78, 5) is 16.6. The van der Waals surface area contributed by atoms with E-state index in [0.717, 1.165) is 4.88 Å². The zero-order valence-corrected chi connectivity index (χ0v) is 10.3. The molecule has 5 heteroatoms. The first-order chi connectivity index (χ1) is 6.80. The molecule has 84 valence electrons. The summed E-state index contributed by atoms with van der Waals surface area (Å²) in [5.74, 6) is -0.204. The van der Waals surface area contributed by atoms with E-state index in [1.165, 1.54) is 11.3 Å². The maximum Gasteiger partial charge on any atom is 0.242 e. The van der Waals surface area contributed by atoms with Gasteiger partial charge in [-0.1, -0.05) is 20.8 Å². The normalized spacial score (nSPS) is 13.7. The zero-order chi connectivity index (χ0) is 11.6. The van der Waals surface area contributed by atoms with E-state index < -0.39 is 6.04 Å². The maximum absolute atomic E-state index is 11.3. The first-order valence-corrected chi connectivity index (χ1v) is 5.65. The molecular weight excluding hydrogens is 210 g/mol. The third-order valence-electron chi connectivity index (χ3n) is 1.89. The van der Waals surface area contributed by atoms with Crippen LogP contribution in [0.15, 0.2) is 6.20 Å². The van der Waals surface area contributed by atoms with Crippen LogP contribution in [-0.2, 0) is 10.2 Å². The fourth-order valence-electron chi connectivity index (χ4n) is 0.898. The molecule has 0 aromatic carbocycles. The number of nitrogens with two attached hydrogens (primary N) is 1. The Kier molecular flexibility index (Phi) is 3.46. The van der Waals surface area contributed by atoms with Crippen molar-refractivity contribution in [2.45, 2.75) is 39.2 Å². The van der Waals surface area contributed by atoms with Crippen LogP contribution in [-0.4, -0.2) is 16.9 Å². The molecule has 1 atom stereocenters. The second kappa shape index (κ2) is 4.28. The Labute approximate surface area is 93.9 Å². The monoisotopic (exact) mass is 227 g/mol. The summed E-state index contributed by atoms with van der Waals surface area (Å²) < 4.78 is 0. The standard InChI is InChI=1S/C10H17N3OS/c1-6(11)8(14)13-9-12-5-7(15-9)10(2,3)4/h5-6H,11H2,1-4H3,(H,12,13,14). The van der Waals surface area contributed by atoms with Crippen LogP contribution in [0.2, 0.25) is 0 Å². The number of carbonyl (C=O) groups is 1. The topological polar surface area (TPSA) is 68.0 Å². The molecule has 0 aliphatic carbocycles. The van der Waals surface area contributed by atoms with Crippen LogP contribution in [0.4, 0.5) is 5.13 Å². The molecule has 0 radical (unpaired) electrons. The van der Waals surface area contributed by atoms with E-state index in [0.29, 0.717) is 5.13 Å². The second-order valence-electron chi connectivity index (χ2n) is 4.56. The van der Waals surface area contributed by atoms with Gasteiger partial charge in [-0.05, 0) is 12.3 Å². The molecule has 1 amide bonds. The van der Waals surface area contributed by atoms with E-state index in [1.807, 2.05) is 0 Å². The van der Waals surface area contributed by atoms with Crippen LogP contribution < -0.4 is 11.1 Å². The van der Waals surface area contributed by atoms with Crippen molar-refractivity contribution in [1.82, 2.24) is 4.98 Å². The van der Waals surface area contributed by atoms with Crippen molar-refractivity contribution in [3.63, 3.8) is 0 Å². The summed E-state index contributed by atoms with van der Waals surface area (Å²) in [6, 6.07) is -0.507. The lowest BCUT2D eigenvalue weighted by Crippen LogP contribution is -2.32. The van der Waals surface area contributed by atoms with Crippen molar-refractivity contribution in [2.75, 3.05) is 5.32 Å². The molecular formula is C10H17N3OS. The van der Waals surface area contributed by atoms with Gasteiger partial charge in [0.2, 0.25) is 5.91 Å². The van der Waals surface area contributed by atoms with Crippen molar-refractivity contribution < 1.29 is 4.79 Å². The van der Waals surface area contributed by atoms with Crippen LogP contribution >= 0.6 is 11.3 Å². The Hall–Kier alpha value is -0.940. The van der Waals surface area contributed by atoms with E-state index in [2.05, 4.69) is 31.1 Å². The molecule has 1 aromatic heterocycles. The lowest BCUT2D eigenvalue weighted by molar-refractivity contribution is -0.117. The Morgan fingerprint density at radius 3 is 2.60 bits per heavy atom. The molecule has 1 unspecified atom stereocenters. The van der Waals surface area contributed by atoms with Crippen molar-refractivity contribution in [2.24, 2.45) is 5.73 Å². The molecule has 0 aliphatic rings. The molecule has 1 heterocycles. The number of nitrogens with one attached hydrogen (secondary N) is 1. The zero-order valence-electron chi connectivity index (χ0n) is 9.50. The average Bonchev–Trinajstić information content (AvgIpc) is 2.51. The molecule has 0 bridgehead atoms. The van der Waals surface area contributed by atoms with Crippen LogP contribution in [0.1, 0.15) is 32.6 Å². The minimum atomic E-state index is -0.507. The fraction of sp³-hybridized carbons (Fsp3) is 0.600. The predicted octanol–water partition coefficient (Wildman–Crippen LogP) is 1.73. The number of aromatic nitrogens is 1. The van der Waals surface area contributed by atoms with Gasteiger partial charge in [0.25, 0.3) is 0 Å². The van der Waals surface area contributed by atoms with Crippen molar-refractivity contribution in [3.8, 4) is 0 Å². The number of hydrogen-bond donors (Lipinski definition) is 2. The molecule has 0 saturated carbocycles. The third kappa shape index (κ3) is 3.28. The number of thiazole rings is 1. The van der Waals surface area contributed by atoms with Crippen LogP contribution in [0.25, 0.3) is 0 Å². The second-order valence-corrected chi connectivity index (χ2v) is 5.59. The Morgan fingerprint density at radius 1 is 1.60 bits per heavy atom. The van der Waals surface area contributed by atoms with Crippen molar-refractivity contribution in [1.29, 1.82) is 0 Å². The molecule has 0 aliphatic heterocycles. The SMILES string of the molecule is CC(N)C(=O)Nc1ncc(C(C)(C)C)s1. The summed E-state index contributed by atoms with van der Waals surface area (Å²) in [7, 11) is 0. The van der Waals surface area contributed by atoms with Gasteiger partial charge in [0.15, 0.2) is 5.13 Å². The Bertz CT molecular complexity index is 352. The number of anilines is 1. The van der Waals surface area contributed by atoms with Gasteiger partial charge in [0.1, 0.15) is 0 Å². The van der Waals surface area contributed by atoms with Gasteiger partial charge >= 0.3 is 0 Å². The minimum Gasteiger partial charge on any atom is -0.320 e.